The lowest BCUT2D eigenvalue weighted by Gasteiger charge is -2.13. The summed E-state index contributed by atoms with van der Waals surface area (Å²) in [4.78, 5) is 12.5. The number of carbonyl (C=O) groups is 1. The molecule has 0 saturated carbocycles. The summed E-state index contributed by atoms with van der Waals surface area (Å²) in [6, 6.07) is 12.2. The molecule has 0 spiro atoms. The molecule has 2 aromatic rings. The Kier molecular flexibility index (Phi) is 6.42. The van der Waals surface area contributed by atoms with Crippen molar-refractivity contribution >= 4 is 15.7 Å². The van der Waals surface area contributed by atoms with Crippen LogP contribution in [0.25, 0.3) is 0 Å². The Morgan fingerprint density at radius 3 is 2.31 bits per heavy atom. The molecule has 0 radical (unpaired) electrons. The minimum absolute atomic E-state index is 0.0581. The summed E-state index contributed by atoms with van der Waals surface area (Å²) in [5, 5.41) is 2.13. The summed E-state index contributed by atoms with van der Waals surface area (Å²) in [6.07, 6.45) is 0. The molecule has 0 fully saturated rings. The Morgan fingerprint density at radius 2 is 1.69 bits per heavy atom. The second kappa shape index (κ2) is 8.36. The largest absolute Gasteiger partial charge is 0.492 e. The molecule has 0 atom stereocenters. The first-order valence-electron chi connectivity index (χ1n) is 8.54. The fraction of sp³-hybridized carbons (Fsp3) is 0.350. The molecule has 2 aromatic carbocycles. The molecule has 26 heavy (non-hydrogen) atoms. The number of aryl methyl sites for hydroxylation is 2. The van der Waals surface area contributed by atoms with Gasteiger partial charge in [-0.3, -0.25) is 4.79 Å². The topological polar surface area (TPSA) is 72.5 Å². The number of hydrogen-bond acceptors (Lipinski definition) is 4. The Morgan fingerprint density at radius 1 is 1.08 bits per heavy atom. The van der Waals surface area contributed by atoms with Gasteiger partial charge >= 0.3 is 0 Å². The van der Waals surface area contributed by atoms with Crippen LogP contribution < -0.4 is 10.1 Å². The quantitative estimate of drug-likeness (QED) is 0.754. The summed E-state index contributed by atoms with van der Waals surface area (Å²) >= 11 is 0. The molecule has 0 heterocycles. The maximum atomic E-state index is 12.4. The normalized spacial score (nSPS) is 11.4. The molecule has 6 heteroatoms. The van der Waals surface area contributed by atoms with Crippen LogP contribution in [0.1, 0.15) is 35.3 Å². The van der Waals surface area contributed by atoms with E-state index in [4.69, 9.17) is 4.74 Å². The van der Waals surface area contributed by atoms with Crippen LogP contribution >= 0.6 is 0 Å². The number of hydrogen-bond donors (Lipinski definition) is 1. The van der Waals surface area contributed by atoms with Crippen molar-refractivity contribution in [3.05, 3.63) is 59.2 Å². The molecule has 0 aromatic heterocycles. The summed E-state index contributed by atoms with van der Waals surface area (Å²) in [6.45, 7) is 7.76. The second-order valence-electron chi connectivity index (χ2n) is 6.52. The van der Waals surface area contributed by atoms with Gasteiger partial charge in [0.25, 0.3) is 5.91 Å². The molecule has 5 nitrogen and oxygen atoms in total. The van der Waals surface area contributed by atoms with E-state index >= 15 is 0 Å². The van der Waals surface area contributed by atoms with Crippen molar-refractivity contribution < 1.29 is 17.9 Å². The molecule has 140 valence electrons. The predicted molar refractivity (Wildman–Crippen MR) is 103 cm³/mol. The van der Waals surface area contributed by atoms with E-state index in [0.717, 1.165) is 16.9 Å². The highest BCUT2D eigenvalue weighted by atomic mass is 32.2. The van der Waals surface area contributed by atoms with Gasteiger partial charge in [-0.1, -0.05) is 18.2 Å². The number of nitrogens with one attached hydrogen (secondary N) is 1. The highest BCUT2D eigenvalue weighted by molar-refractivity contribution is 7.92. The smallest absolute Gasteiger partial charge is 0.252 e. The zero-order valence-corrected chi connectivity index (χ0v) is 16.4. The molecule has 0 aliphatic carbocycles. The van der Waals surface area contributed by atoms with Gasteiger partial charge in [0.2, 0.25) is 0 Å². The van der Waals surface area contributed by atoms with Crippen LogP contribution in [0.3, 0.4) is 0 Å². The Bertz CT molecular complexity index is 868. The van der Waals surface area contributed by atoms with Gasteiger partial charge in [-0.2, -0.15) is 0 Å². The lowest BCUT2D eigenvalue weighted by atomic mass is 10.1. The maximum Gasteiger partial charge on any atom is 0.252 e. The zero-order valence-electron chi connectivity index (χ0n) is 15.6. The first-order valence-corrected chi connectivity index (χ1v) is 10.1. The van der Waals surface area contributed by atoms with Crippen molar-refractivity contribution in [2.24, 2.45) is 0 Å². The summed E-state index contributed by atoms with van der Waals surface area (Å²) in [5.41, 5.74) is 2.38. The van der Waals surface area contributed by atoms with E-state index in [1.165, 1.54) is 12.1 Å². The molecule has 0 aliphatic rings. The van der Waals surface area contributed by atoms with Crippen LogP contribution in [0.5, 0.6) is 5.75 Å². The van der Waals surface area contributed by atoms with Crippen LogP contribution in [0.4, 0.5) is 0 Å². The lowest BCUT2D eigenvalue weighted by molar-refractivity contribution is 0.0943. The summed E-state index contributed by atoms with van der Waals surface area (Å²) < 4.78 is 30.5. The summed E-state index contributed by atoms with van der Waals surface area (Å²) in [7, 11) is -3.53. The lowest BCUT2D eigenvalue weighted by Crippen LogP contribution is -2.30. The molecule has 1 N–H and O–H groups in total. The average Bonchev–Trinajstić information content (AvgIpc) is 2.57. The van der Waals surface area contributed by atoms with E-state index in [1.807, 2.05) is 26.0 Å². The highest BCUT2D eigenvalue weighted by Crippen LogP contribution is 2.20. The van der Waals surface area contributed by atoms with Crippen LogP contribution in [0.15, 0.2) is 47.4 Å². The average molecular weight is 375 g/mol. The Balaban J connectivity index is 2.01. The van der Waals surface area contributed by atoms with E-state index < -0.39 is 21.0 Å². The van der Waals surface area contributed by atoms with Crippen LogP contribution in [0.2, 0.25) is 0 Å². The Hall–Kier alpha value is -2.34. The SMILES string of the molecule is Cc1cc(C)cc(OCCNC(=O)c2ccccc2S(=O)(=O)C(C)C)c1. The van der Waals surface area contributed by atoms with E-state index in [1.54, 1.807) is 26.0 Å². The van der Waals surface area contributed by atoms with Crippen molar-refractivity contribution in [3.63, 3.8) is 0 Å². The second-order valence-corrected chi connectivity index (χ2v) is 8.99. The van der Waals surface area contributed by atoms with Crippen LogP contribution in [0, 0.1) is 13.8 Å². The molecule has 1 amide bonds. The molecular formula is C20H25NO4S. The third-order valence-corrected chi connectivity index (χ3v) is 6.12. The van der Waals surface area contributed by atoms with Crippen molar-refractivity contribution in [1.82, 2.24) is 5.32 Å². The van der Waals surface area contributed by atoms with E-state index in [9.17, 15) is 13.2 Å². The van der Waals surface area contributed by atoms with Crippen molar-refractivity contribution in [2.75, 3.05) is 13.2 Å². The standard InChI is InChI=1S/C20H25NO4S/c1-14(2)26(23,24)19-8-6-5-7-18(19)20(22)21-9-10-25-17-12-15(3)11-16(4)13-17/h5-8,11-14H,9-10H2,1-4H3,(H,21,22). The molecule has 0 unspecified atom stereocenters. The van der Waals surface area contributed by atoms with Gasteiger partial charge in [0.15, 0.2) is 9.84 Å². The fourth-order valence-electron chi connectivity index (χ4n) is 2.60. The van der Waals surface area contributed by atoms with E-state index in [0.29, 0.717) is 6.61 Å². The van der Waals surface area contributed by atoms with Gasteiger partial charge < -0.3 is 10.1 Å². The van der Waals surface area contributed by atoms with Gasteiger partial charge in [0, 0.05) is 0 Å². The molecular weight excluding hydrogens is 350 g/mol. The van der Waals surface area contributed by atoms with Crippen molar-refractivity contribution in [2.45, 2.75) is 37.8 Å². The number of sulfone groups is 1. The van der Waals surface area contributed by atoms with Crippen LogP contribution in [-0.2, 0) is 9.84 Å². The van der Waals surface area contributed by atoms with Gasteiger partial charge in [0.1, 0.15) is 12.4 Å². The predicted octanol–water partition coefficient (Wildman–Crippen LogP) is 3.29. The van der Waals surface area contributed by atoms with Crippen LogP contribution in [-0.4, -0.2) is 32.7 Å². The number of carbonyl (C=O) groups excluding carboxylic acids is 1. The van der Waals surface area contributed by atoms with Crippen molar-refractivity contribution in [3.8, 4) is 5.75 Å². The first kappa shape index (κ1) is 20.0. The first-order chi connectivity index (χ1) is 12.2. The van der Waals surface area contributed by atoms with Gasteiger partial charge in [0.05, 0.1) is 22.3 Å². The molecule has 0 bridgehead atoms. The number of ether oxygens (including phenoxy) is 1. The summed E-state index contributed by atoms with van der Waals surface area (Å²) in [5.74, 6) is 0.327. The number of amides is 1. The monoisotopic (exact) mass is 375 g/mol. The van der Waals surface area contributed by atoms with Crippen molar-refractivity contribution in [1.29, 1.82) is 0 Å². The van der Waals surface area contributed by atoms with E-state index in [2.05, 4.69) is 11.4 Å². The zero-order chi connectivity index (χ0) is 19.3. The molecule has 2 rings (SSSR count). The maximum absolute atomic E-state index is 12.4. The molecule has 0 saturated heterocycles. The number of benzene rings is 2. The minimum Gasteiger partial charge on any atom is -0.492 e. The number of rotatable bonds is 7. The third kappa shape index (κ3) is 4.85. The van der Waals surface area contributed by atoms with E-state index in [-0.39, 0.29) is 17.0 Å². The van der Waals surface area contributed by atoms with Gasteiger partial charge in [-0.05, 0) is 63.1 Å². The fourth-order valence-corrected chi connectivity index (χ4v) is 3.84. The minimum atomic E-state index is -3.53. The van der Waals surface area contributed by atoms with Gasteiger partial charge in [-0.25, -0.2) is 8.42 Å². The highest BCUT2D eigenvalue weighted by Gasteiger charge is 2.24. The Labute approximate surface area is 155 Å². The molecule has 0 aliphatic heterocycles. The third-order valence-electron chi connectivity index (χ3n) is 3.91. The van der Waals surface area contributed by atoms with Gasteiger partial charge in [-0.15, -0.1) is 0 Å².